The van der Waals surface area contributed by atoms with E-state index >= 15 is 0 Å². The first-order valence-corrected chi connectivity index (χ1v) is 16.0. The molecule has 2 heterocycles. The van der Waals surface area contributed by atoms with Gasteiger partial charge in [0.25, 0.3) is 0 Å². The summed E-state index contributed by atoms with van der Waals surface area (Å²) < 4.78 is 29.0. The van der Waals surface area contributed by atoms with Crippen LogP contribution < -0.4 is 11.4 Å². The molecule has 0 saturated carbocycles. The molecule has 202 valence electrons. The van der Waals surface area contributed by atoms with Gasteiger partial charge in [0.05, 0.1) is 6.61 Å². The molecule has 0 radical (unpaired) electrons. The SMILES string of the molecule is Nc1ccn([C@H]2C[C@H](OP(=O)(O)O)[C@@H](COCCCCCCSSCCCCCCO)O2)c(=O)n1. The van der Waals surface area contributed by atoms with Gasteiger partial charge in [0.1, 0.15) is 24.3 Å². The zero-order valence-electron chi connectivity index (χ0n) is 19.9. The number of nitrogens with zero attached hydrogens (tertiary/aromatic N) is 2. The number of phosphoric acid groups is 1. The van der Waals surface area contributed by atoms with E-state index in [0.717, 1.165) is 50.0 Å². The van der Waals surface area contributed by atoms with Crippen LogP contribution in [0.2, 0.25) is 0 Å². The van der Waals surface area contributed by atoms with Gasteiger partial charge in [-0.25, -0.2) is 9.36 Å². The molecule has 2 rings (SSSR count). The Morgan fingerprint density at radius 3 is 2.40 bits per heavy atom. The monoisotopic (exact) mass is 555 g/mol. The van der Waals surface area contributed by atoms with Gasteiger partial charge >= 0.3 is 13.5 Å². The first-order chi connectivity index (χ1) is 16.8. The van der Waals surface area contributed by atoms with Crippen molar-refractivity contribution in [3.05, 3.63) is 22.7 Å². The highest BCUT2D eigenvalue weighted by Crippen LogP contribution is 2.43. The van der Waals surface area contributed by atoms with Crippen LogP contribution in [0, 0.1) is 0 Å². The molecule has 1 fully saturated rings. The lowest BCUT2D eigenvalue weighted by atomic mass is 10.2. The number of aromatic nitrogens is 2. The van der Waals surface area contributed by atoms with E-state index < -0.39 is 31.9 Å². The Bertz CT molecular complexity index is 828. The zero-order valence-corrected chi connectivity index (χ0v) is 22.4. The smallest absolute Gasteiger partial charge is 0.396 e. The molecule has 0 spiro atoms. The molecule has 0 unspecified atom stereocenters. The van der Waals surface area contributed by atoms with E-state index in [2.05, 4.69) is 4.98 Å². The number of ether oxygens (including phenoxy) is 2. The van der Waals surface area contributed by atoms with E-state index in [1.165, 1.54) is 29.7 Å². The van der Waals surface area contributed by atoms with Gasteiger partial charge in [-0.3, -0.25) is 9.09 Å². The Hall–Kier alpha value is -0.630. The quantitative estimate of drug-likeness (QED) is 0.112. The predicted octanol–water partition coefficient (Wildman–Crippen LogP) is 3.10. The number of hydrogen-bond donors (Lipinski definition) is 4. The largest absolute Gasteiger partial charge is 0.469 e. The molecule has 1 aromatic rings. The summed E-state index contributed by atoms with van der Waals surface area (Å²) in [5.74, 6) is 2.36. The fourth-order valence-corrected chi connectivity index (χ4v) is 6.48. The van der Waals surface area contributed by atoms with Gasteiger partial charge in [-0.1, -0.05) is 47.3 Å². The molecule has 1 aliphatic rings. The second kappa shape index (κ2) is 17.0. The first kappa shape index (κ1) is 30.6. The fourth-order valence-electron chi connectivity index (χ4n) is 3.62. The van der Waals surface area contributed by atoms with Gasteiger partial charge in [0, 0.05) is 37.3 Å². The van der Waals surface area contributed by atoms with Crippen molar-refractivity contribution in [2.45, 2.75) is 76.2 Å². The Morgan fingerprint density at radius 1 is 1.11 bits per heavy atom. The molecular weight excluding hydrogens is 517 g/mol. The highest BCUT2D eigenvalue weighted by Gasteiger charge is 2.41. The Morgan fingerprint density at radius 2 is 1.77 bits per heavy atom. The van der Waals surface area contributed by atoms with Crippen molar-refractivity contribution >= 4 is 35.2 Å². The minimum Gasteiger partial charge on any atom is -0.396 e. The molecule has 1 aliphatic heterocycles. The van der Waals surface area contributed by atoms with E-state index in [9.17, 15) is 19.1 Å². The van der Waals surface area contributed by atoms with Crippen molar-refractivity contribution in [3.63, 3.8) is 0 Å². The van der Waals surface area contributed by atoms with Crippen molar-refractivity contribution in [2.75, 3.05) is 37.1 Å². The summed E-state index contributed by atoms with van der Waals surface area (Å²) in [5, 5.41) is 8.75. The number of aliphatic hydroxyl groups is 1. The minimum absolute atomic E-state index is 0.0724. The standard InChI is InChI=1S/C21H38N3O8PS2/c22-19-9-10-24(21(26)23-19)20-15-17(32-33(27,28)29)18(31-20)16-30-12-6-2-4-8-14-35-34-13-7-3-1-5-11-25/h9-10,17-18,20,25H,1-8,11-16H2,(H2,22,23,26)(H2,27,28,29)/t17-,18+,20+/m0/s1. The molecule has 0 bridgehead atoms. The molecule has 3 atom stereocenters. The van der Waals surface area contributed by atoms with Crippen LogP contribution in [0.25, 0.3) is 0 Å². The molecule has 11 nitrogen and oxygen atoms in total. The maximum absolute atomic E-state index is 12.1. The Labute approximate surface area is 214 Å². The summed E-state index contributed by atoms with van der Waals surface area (Å²) in [7, 11) is -0.905. The number of phosphoric ester groups is 1. The number of anilines is 1. The second-order valence-electron chi connectivity index (χ2n) is 8.31. The maximum Gasteiger partial charge on any atom is 0.469 e. The lowest BCUT2D eigenvalue weighted by molar-refractivity contribution is -0.0629. The van der Waals surface area contributed by atoms with Crippen molar-refractivity contribution in [3.8, 4) is 0 Å². The molecule has 5 N–H and O–H groups in total. The van der Waals surface area contributed by atoms with Gasteiger partial charge in [-0.15, -0.1) is 0 Å². The molecular formula is C21H38N3O8PS2. The summed E-state index contributed by atoms with van der Waals surface area (Å²) in [6.45, 7) is 0.896. The third-order valence-electron chi connectivity index (χ3n) is 5.38. The van der Waals surface area contributed by atoms with Gasteiger partial charge in [-0.05, 0) is 31.7 Å². The average Bonchev–Trinajstić information content (AvgIpc) is 3.16. The summed E-state index contributed by atoms with van der Waals surface area (Å²) in [6, 6.07) is 1.45. The third kappa shape index (κ3) is 12.9. The molecule has 0 aliphatic carbocycles. The van der Waals surface area contributed by atoms with Gasteiger partial charge in [0.15, 0.2) is 0 Å². The van der Waals surface area contributed by atoms with E-state index in [0.29, 0.717) is 6.61 Å². The Balaban J connectivity index is 1.60. The molecule has 35 heavy (non-hydrogen) atoms. The van der Waals surface area contributed by atoms with Crippen LogP contribution in [0.5, 0.6) is 0 Å². The van der Waals surface area contributed by atoms with Crippen LogP contribution in [-0.4, -0.2) is 68.0 Å². The molecule has 0 aromatic carbocycles. The highest BCUT2D eigenvalue weighted by molar-refractivity contribution is 8.76. The normalized spacial score (nSPS) is 20.5. The third-order valence-corrected chi connectivity index (χ3v) is 8.51. The van der Waals surface area contributed by atoms with Gasteiger partial charge < -0.3 is 30.1 Å². The lowest BCUT2D eigenvalue weighted by Gasteiger charge is -2.19. The van der Waals surface area contributed by atoms with Crippen LogP contribution in [0.1, 0.15) is 64.0 Å². The van der Waals surface area contributed by atoms with Crippen molar-refractivity contribution < 1.29 is 33.5 Å². The summed E-state index contributed by atoms with van der Waals surface area (Å²) in [4.78, 5) is 34.2. The Kier molecular flexibility index (Phi) is 14.8. The molecule has 1 saturated heterocycles. The number of nitrogens with two attached hydrogens (primary N) is 1. The van der Waals surface area contributed by atoms with E-state index in [1.54, 1.807) is 0 Å². The first-order valence-electron chi connectivity index (χ1n) is 12.0. The molecule has 0 amide bonds. The second-order valence-corrected chi connectivity index (χ2v) is 12.2. The van der Waals surface area contributed by atoms with E-state index in [4.69, 9.17) is 24.8 Å². The van der Waals surface area contributed by atoms with Gasteiger partial charge in [0.2, 0.25) is 0 Å². The van der Waals surface area contributed by atoms with E-state index in [-0.39, 0.29) is 25.5 Å². The zero-order chi connectivity index (χ0) is 25.5. The number of aliphatic hydroxyl groups excluding tert-OH is 1. The number of unbranched alkanes of at least 4 members (excludes halogenated alkanes) is 6. The van der Waals surface area contributed by atoms with Crippen LogP contribution in [0.15, 0.2) is 17.1 Å². The summed E-state index contributed by atoms with van der Waals surface area (Å²) >= 11 is 0. The highest BCUT2D eigenvalue weighted by atomic mass is 33.1. The molecule has 1 aromatic heterocycles. The minimum atomic E-state index is -4.74. The van der Waals surface area contributed by atoms with Crippen LogP contribution in [0.4, 0.5) is 5.82 Å². The lowest BCUT2D eigenvalue weighted by Crippen LogP contribution is -2.29. The van der Waals surface area contributed by atoms with Crippen LogP contribution in [-0.2, 0) is 18.6 Å². The van der Waals surface area contributed by atoms with Gasteiger partial charge in [-0.2, -0.15) is 4.98 Å². The summed E-state index contributed by atoms with van der Waals surface area (Å²) in [6.07, 6.45) is 7.66. The van der Waals surface area contributed by atoms with E-state index in [1.807, 2.05) is 21.6 Å². The number of nitrogen functional groups attached to an aromatic ring is 1. The molecule has 14 heteroatoms. The number of rotatable bonds is 19. The van der Waals surface area contributed by atoms with Crippen LogP contribution >= 0.6 is 29.4 Å². The topological polar surface area (TPSA) is 166 Å². The fraction of sp³-hybridized carbons (Fsp3) is 0.810. The predicted molar refractivity (Wildman–Crippen MR) is 138 cm³/mol. The average molecular weight is 556 g/mol. The van der Waals surface area contributed by atoms with Crippen molar-refractivity contribution in [1.82, 2.24) is 9.55 Å². The maximum atomic E-state index is 12.1. The number of hydrogen-bond acceptors (Lipinski definition) is 10. The summed E-state index contributed by atoms with van der Waals surface area (Å²) in [5.41, 5.74) is 4.90. The van der Waals surface area contributed by atoms with Crippen molar-refractivity contribution in [2.24, 2.45) is 0 Å². The van der Waals surface area contributed by atoms with Crippen molar-refractivity contribution in [1.29, 1.82) is 0 Å². The van der Waals surface area contributed by atoms with Crippen LogP contribution in [0.3, 0.4) is 0 Å².